The Morgan fingerprint density at radius 2 is 2.19 bits per heavy atom. The van der Waals surface area contributed by atoms with E-state index in [0.29, 0.717) is 30.1 Å². The van der Waals surface area contributed by atoms with Crippen molar-refractivity contribution in [3.63, 3.8) is 0 Å². The smallest absolute Gasteiger partial charge is 0.270 e. The zero-order valence-electron chi connectivity index (χ0n) is 12.0. The summed E-state index contributed by atoms with van der Waals surface area (Å²) in [6, 6.07) is 9.18. The molecule has 21 heavy (non-hydrogen) atoms. The number of benzene rings is 1. The number of pyridine rings is 1. The van der Waals surface area contributed by atoms with E-state index in [1.54, 1.807) is 17.0 Å². The molecule has 0 saturated carbocycles. The number of nitrogens with zero attached hydrogens (tertiary/aromatic N) is 1. The van der Waals surface area contributed by atoms with E-state index in [9.17, 15) is 9.59 Å². The van der Waals surface area contributed by atoms with E-state index in [0.717, 1.165) is 11.8 Å². The van der Waals surface area contributed by atoms with Gasteiger partial charge in [-0.3, -0.25) is 9.59 Å². The molecule has 5 nitrogen and oxygen atoms in total. The van der Waals surface area contributed by atoms with Gasteiger partial charge in [-0.1, -0.05) is 18.2 Å². The Hall–Kier alpha value is -2.14. The fraction of sp³-hybridized carbons (Fsp3) is 0.375. The molecule has 1 saturated heterocycles. The van der Waals surface area contributed by atoms with E-state index >= 15 is 0 Å². The van der Waals surface area contributed by atoms with E-state index in [1.165, 1.54) is 0 Å². The van der Waals surface area contributed by atoms with Crippen LogP contribution in [0.5, 0.6) is 0 Å². The van der Waals surface area contributed by atoms with Crippen LogP contribution in [0.3, 0.4) is 0 Å². The Morgan fingerprint density at radius 1 is 1.43 bits per heavy atom. The van der Waals surface area contributed by atoms with E-state index in [4.69, 9.17) is 5.73 Å². The lowest BCUT2D eigenvalue weighted by atomic mass is 10.1. The summed E-state index contributed by atoms with van der Waals surface area (Å²) in [5, 5.41) is 1.38. The van der Waals surface area contributed by atoms with Crippen molar-refractivity contribution in [1.29, 1.82) is 0 Å². The molecule has 1 aromatic carbocycles. The molecule has 1 aromatic heterocycles. The normalized spacial score (nSPS) is 21.9. The first-order valence-corrected chi connectivity index (χ1v) is 7.23. The van der Waals surface area contributed by atoms with Crippen LogP contribution in [0.4, 0.5) is 0 Å². The third kappa shape index (κ3) is 2.45. The number of aromatic nitrogens is 1. The first-order valence-electron chi connectivity index (χ1n) is 7.23. The summed E-state index contributed by atoms with van der Waals surface area (Å²) in [5.74, 6) is 0.220. The molecule has 5 heteroatoms. The Bertz CT molecular complexity index is 738. The minimum atomic E-state index is -0.223. The molecule has 0 radical (unpaired) electrons. The minimum absolute atomic E-state index is 0.124. The van der Waals surface area contributed by atoms with Crippen molar-refractivity contribution in [1.82, 2.24) is 9.88 Å². The van der Waals surface area contributed by atoms with Crippen LogP contribution in [0, 0.1) is 5.92 Å². The van der Waals surface area contributed by atoms with Gasteiger partial charge in [0.2, 0.25) is 0 Å². The van der Waals surface area contributed by atoms with E-state index in [1.807, 2.05) is 25.1 Å². The highest BCUT2D eigenvalue weighted by atomic mass is 16.2. The van der Waals surface area contributed by atoms with Gasteiger partial charge >= 0.3 is 0 Å². The Labute approximate surface area is 122 Å². The molecule has 3 rings (SSSR count). The van der Waals surface area contributed by atoms with Gasteiger partial charge in [0.15, 0.2) is 0 Å². The van der Waals surface area contributed by atoms with Crippen LogP contribution < -0.4 is 11.3 Å². The lowest BCUT2D eigenvalue weighted by molar-refractivity contribution is 0.0737. The highest BCUT2D eigenvalue weighted by molar-refractivity contribution is 5.96. The maximum Gasteiger partial charge on any atom is 0.270 e. The van der Waals surface area contributed by atoms with Crippen molar-refractivity contribution >= 4 is 16.7 Å². The van der Waals surface area contributed by atoms with Gasteiger partial charge in [-0.15, -0.1) is 0 Å². The number of aromatic amines is 1. The molecule has 3 N–H and O–H groups in total. The molecule has 0 spiro atoms. The number of hydrogen-bond donors (Lipinski definition) is 2. The number of carbonyl (C=O) groups is 1. The number of carbonyl (C=O) groups excluding carboxylic acids is 1. The second-order valence-corrected chi connectivity index (χ2v) is 5.74. The molecule has 2 unspecified atom stereocenters. The molecule has 1 aliphatic heterocycles. The molecular formula is C16H19N3O2. The number of rotatable bonds is 2. The van der Waals surface area contributed by atoms with Gasteiger partial charge in [0, 0.05) is 18.0 Å². The van der Waals surface area contributed by atoms with Crippen LogP contribution in [0.2, 0.25) is 0 Å². The molecule has 2 atom stereocenters. The van der Waals surface area contributed by atoms with Crippen LogP contribution in [-0.4, -0.2) is 34.9 Å². The third-order valence-corrected chi connectivity index (χ3v) is 4.24. The van der Waals surface area contributed by atoms with Crippen molar-refractivity contribution < 1.29 is 4.79 Å². The summed E-state index contributed by atoms with van der Waals surface area (Å²) < 4.78 is 0. The highest BCUT2D eigenvalue weighted by Crippen LogP contribution is 2.24. The fourth-order valence-corrected chi connectivity index (χ4v) is 3.08. The molecule has 110 valence electrons. The predicted octanol–water partition coefficient (Wildman–Crippen LogP) is 1.34. The molecule has 0 bridgehead atoms. The van der Waals surface area contributed by atoms with Crippen LogP contribution in [0.15, 0.2) is 35.1 Å². The SMILES string of the molecule is CC1CC(CN)CN1C(=O)c1cc2ccccc2c(=O)[nH]1. The molecule has 2 aromatic rings. The lowest BCUT2D eigenvalue weighted by Crippen LogP contribution is -2.35. The number of nitrogens with one attached hydrogen (secondary N) is 1. The van der Waals surface area contributed by atoms with E-state index < -0.39 is 0 Å². The minimum Gasteiger partial charge on any atom is -0.334 e. The Kier molecular flexibility index (Phi) is 3.51. The van der Waals surface area contributed by atoms with Crippen molar-refractivity contribution in [3.05, 3.63) is 46.4 Å². The van der Waals surface area contributed by atoms with Crippen LogP contribution >= 0.6 is 0 Å². The highest BCUT2D eigenvalue weighted by Gasteiger charge is 2.32. The Morgan fingerprint density at radius 3 is 2.90 bits per heavy atom. The Balaban J connectivity index is 1.97. The van der Waals surface area contributed by atoms with Crippen LogP contribution in [0.1, 0.15) is 23.8 Å². The summed E-state index contributed by atoms with van der Waals surface area (Å²) in [4.78, 5) is 29.2. The van der Waals surface area contributed by atoms with Gasteiger partial charge in [0.05, 0.1) is 0 Å². The second kappa shape index (κ2) is 5.33. The van der Waals surface area contributed by atoms with Gasteiger partial charge in [0.1, 0.15) is 5.69 Å². The number of fused-ring (bicyclic) bond motifs is 1. The molecule has 1 fully saturated rings. The van der Waals surface area contributed by atoms with Gasteiger partial charge in [-0.05, 0) is 43.3 Å². The van der Waals surface area contributed by atoms with Crippen molar-refractivity contribution in [3.8, 4) is 0 Å². The van der Waals surface area contributed by atoms with Gasteiger partial charge in [-0.25, -0.2) is 0 Å². The zero-order chi connectivity index (χ0) is 15.0. The van der Waals surface area contributed by atoms with Crippen LogP contribution in [0.25, 0.3) is 10.8 Å². The first kappa shape index (κ1) is 13.8. The van der Waals surface area contributed by atoms with E-state index in [2.05, 4.69) is 4.98 Å². The van der Waals surface area contributed by atoms with Crippen molar-refractivity contribution in [2.45, 2.75) is 19.4 Å². The predicted molar refractivity (Wildman–Crippen MR) is 82.2 cm³/mol. The molecule has 2 heterocycles. The van der Waals surface area contributed by atoms with E-state index in [-0.39, 0.29) is 17.5 Å². The third-order valence-electron chi connectivity index (χ3n) is 4.24. The second-order valence-electron chi connectivity index (χ2n) is 5.74. The number of likely N-dealkylation sites (tertiary alicyclic amines) is 1. The molecule has 1 amide bonds. The number of nitrogens with two attached hydrogens (primary N) is 1. The summed E-state index contributed by atoms with van der Waals surface area (Å²) in [6.07, 6.45) is 0.917. The zero-order valence-corrected chi connectivity index (χ0v) is 12.0. The lowest BCUT2D eigenvalue weighted by Gasteiger charge is -2.21. The van der Waals surface area contributed by atoms with Crippen molar-refractivity contribution in [2.24, 2.45) is 11.7 Å². The fourth-order valence-electron chi connectivity index (χ4n) is 3.08. The maximum absolute atomic E-state index is 12.6. The topological polar surface area (TPSA) is 79.2 Å². The number of H-pyrrole nitrogens is 1. The standard InChI is InChI=1S/C16H19N3O2/c1-10-6-11(8-17)9-19(10)16(21)14-7-12-4-2-3-5-13(12)15(20)18-14/h2-5,7,10-11H,6,8-9,17H2,1H3,(H,18,20). The van der Waals surface area contributed by atoms with Gasteiger partial charge in [-0.2, -0.15) is 0 Å². The average Bonchev–Trinajstić information content (AvgIpc) is 2.87. The molecule has 0 aliphatic carbocycles. The van der Waals surface area contributed by atoms with Crippen molar-refractivity contribution in [2.75, 3.05) is 13.1 Å². The molecule has 1 aliphatic rings. The number of hydrogen-bond acceptors (Lipinski definition) is 3. The quantitative estimate of drug-likeness (QED) is 0.874. The monoisotopic (exact) mass is 285 g/mol. The maximum atomic E-state index is 12.6. The molecular weight excluding hydrogens is 266 g/mol. The van der Waals surface area contributed by atoms with Crippen LogP contribution in [-0.2, 0) is 0 Å². The summed E-state index contributed by atoms with van der Waals surface area (Å²) in [6.45, 7) is 3.26. The summed E-state index contributed by atoms with van der Waals surface area (Å²) in [7, 11) is 0. The largest absolute Gasteiger partial charge is 0.334 e. The average molecular weight is 285 g/mol. The first-order chi connectivity index (χ1) is 10.1. The summed E-state index contributed by atoms with van der Waals surface area (Å²) >= 11 is 0. The van der Waals surface area contributed by atoms with Gasteiger partial charge in [0.25, 0.3) is 11.5 Å². The van der Waals surface area contributed by atoms with Gasteiger partial charge < -0.3 is 15.6 Å². The summed E-state index contributed by atoms with van der Waals surface area (Å²) in [5.41, 5.74) is 5.83. The number of amides is 1.